The summed E-state index contributed by atoms with van der Waals surface area (Å²) < 4.78 is 5.61. The van der Waals surface area contributed by atoms with Crippen LogP contribution in [0.15, 0.2) is 48.5 Å². The van der Waals surface area contributed by atoms with Crippen LogP contribution in [0.25, 0.3) is 11.1 Å². The van der Waals surface area contributed by atoms with Crippen LogP contribution in [0, 0.1) is 5.92 Å². The Labute approximate surface area is 199 Å². The molecule has 2 amide bonds. The number of hydrogen-bond donors (Lipinski definition) is 2. The van der Waals surface area contributed by atoms with Crippen LogP contribution in [0.2, 0.25) is 0 Å². The van der Waals surface area contributed by atoms with Gasteiger partial charge >= 0.3 is 12.1 Å². The summed E-state index contributed by atoms with van der Waals surface area (Å²) in [6.45, 7) is 0.930. The standard InChI is InChI=1S/C27H30N2O5/c30-25(29-11-5-6-19(29)15-26(31)32)14-17-12-18(13-17)28-27(33)34-16-24-22-9-3-1-7-20(22)21-8-2-4-10-23(21)24/h1-4,7-10,17-19,24H,5-6,11-16H2,(H,28,33)(H,31,32)/t17?,18?,19-/m0/s1. The number of amides is 2. The average molecular weight is 463 g/mol. The van der Waals surface area contributed by atoms with Crippen LogP contribution >= 0.6 is 0 Å². The maximum absolute atomic E-state index is 12.6. The molecule has 2 aromatic carbocycles. The van der Waals surface area contributed by atoms with Crippen LogP contribution in [0.1, 0.15) is 55.6 Å². The number of fused-ring (bicyclic) bond motifs is 3. The van der Waals surface area contributed by atoms with Gasteiger partial charge in [-0.25, -0.2) is 4.79 Å². The number of aliphatic carboxylic acids is 1. The van der Waals surface area contributed by atoms with Gasteiger partial charge in [0.25, 0.3) is 0 Å². The van der Waals surface area contributed by atoms with Crippen LogP contribution in [0.4, 0.5) is 4.79 Å². The molecule has 7 heteroatoms. The van der Waals surface area contributed by atoms with Gasteiger partial charge in [0.05, 0.1) is 6.42 Å². The zero-order chi connectivity index (χ0) is 23.7. The summed E-state index contributed by atoms with van der Waals surface area (Å²) >= 11 is 0. The summed E-state index contributed by atoms with van der Waals surface area (Å²) in [6.07, 6.45) is 3.12. The molecule has 2 fully saturated rings. The molecule has 0 radical (unpaired) electrons. The number of nitrogens with zero attached hydrogens (tertiary/aromatic N) is 1. The van der Waals surface area contributed by atoms with Gasteiger partial charge in [0, 0.05) is 31.0 Å². The van der Waals surface area contributed by atoms with Crippen LogP contribution in [0.5, 0.6) is 0 Å². The summed E-state index contributed by atoms with van der Waals surface area (Å²) in [4.78, 5) is 37.9. The molecule has 34 heavy (non-hydrogen) atoms. The molecule has 2 aliphatic carbocycles. The molecular formula is C27H30N2O5. The maximum atomic E-state index is 12.6. The van der Waals surface area contributed by atoms with E-state index in [0.717, 1.165) is 25.7 Å². The van der Waals surface area contributed by atoms with Crippen LogP contribution in [0.3, 0.4) is 0 Å². The van der Waals surface area contributed by atoms with Crippen molar-refractivity contribution in [2.75, 3.05) is 13.2 Å². The predicted octanol–water partition coefficient (Wildman–Crippen LogP) is 4.16. The highest BCUT2D eigenvalue weighted by atomic mass is 16.5. The van der Waals surface area contributed by atoms with E-state index in [2.05, 4.69) is 29.6 Å². The van der Waals surface area contributed by atoms with E-state index in [1.165, 1.54) is 22.3 Å². The number of ether oxygens (including phenoxy) is 1. The molecule has 1 atom stereocenters. The number of hydrogen-bond acceptors (Lipinski definition) is 4. The normalized spacial score (nSPS) is 23.1. The fourth-order valence-corrected chi connectivity index (χ4v) is 5.77. The SMILES string of the molecule is O=C(O)C[C@@H]1CCCN1C(=O)CC1CC(NC(=O)OCC2c3ccccc3-c3ccccc32)C1. The molecule has 0 aromatic heterocycles. The summed E-state index contributed by atoms with van der Waals surface area (Å²) in [7, 11) is 0. The van der Waals surface area contributed by atoms with Gasteiger partial charge in [-0.05, 0) is 53.9 Å². The second kappa shape index (κ2) is 9.49. The summed E-state index contributed by atoms with van der Waals surface area (Å²) in [5, 5.41) is 12.0. The molecule has 3 aliphatic rings. The molecule has 0 spiro atoms. The molecule has 178 valence electrons. The minimum Gasteiger partial charge on any atom is -0.481 e. The molecule has 1 aliphatic heterocycles. The molecule has 0 unspecified atom stereocenters. The van der Waals surface area contributed by atoms with E-state index < -0.39 is 12.1 Å². The van der Waals surface area contributed by atoms with Gasteiger partial charge in [-0.1, -0.05) is 48.5 Å². The van der Waals surface area contributed by atoms with Gasteiger partial charge in [0.1, 0.15) is 6.61 Å². The van der Waals surface area contributed by atoms with E-state index in [0.29, 0.717) is 13.0 Å². The van der Waals surface area contributed by atoms with Crippen molar-refractivity contribution in [2.45, 2.75) is 56.5 Å². The Bertz CT molecular complexity index is 1050. The number of benzene rings is 2. The minimum atomic E-state index is -0.860. The fourth-order valence-electron chi connectivity index (χ4n) is 5.77. The second-order valence-electron chi connectivity index (χ2n) is 9.69. The van der Waals surface area contributed by atoms with E-state index in [9.17, 15) is 14.4 Å². The number of rotatable bonds is 7. The first-order valence-corrected chi connectivity index (χ1v) is 12.1. The van der Waals surface area contributed by atoms with Crippen molar-refractivity contribution in [2.24, 2.45) is 5.92 Å². The Morgan fingerprint density at radius 3 is 2.26 bits per heavy atom. The highest BCUT2D eigenvalue weighted by Gasteiger charge is 2.36. The minimum absolute atomic E-state index is 0.0156. The first-order valence-electron chi connectivity index (χ1n) is 12.1. The Morgan fingerprint density at radius 2 is 1.62 bits per heavy atom. The van der Waals surface area contributed by atoms with Crippen LogP contribution in [-0.2, 0) is 14.3 Å². The van der Waals surface area contributed by atoms with Crippen molar-refractivity contribution in [3.63, 3.8) is 0 Å². The number of nitrogens with one attached hydrogen (secondary N) is 1. The van der Waals surface area contributed by atoms with Gasteiger partial charge in [0.2, 0.25) is 5.91 Å². The Balaban J connectivity index is 1.08. The first-order chi connectivity index (χ1) is 16.5. The van der Waals surface area contributed by atoms with Crippen LogP contribution in [-0.4, -0.2) is 53.2 Å². The lowest BCUT2D eigenvalue weighted by Gasteiger charge is -2.36. The molecule has 7 nitrogen and oxygen atoms in total. The van der Waals surface area contributed by atoms with Gasteiger partial charge in [-0.15, -0.1) is 0 Å². The van der Waals surface area contributed by atoms with E-state index in [1.807, 2.05) is 24.3 Å². The largest absolute Gasteiger partial charge is 0.481 e. The van der Waals surface area contributed by atoms with E-state index in [1.54, 1.807) is 4.90 Å². The lowest BCUT2D eigenvalue weighted by Crippen LogP contribution is -2.46. The number of likely N-dealkylation sites (tertiary alicyclic amines) is 1. The van der Waals surface area contributed by atoms with Gasteiger partial charge in [-0.2, -0.15) is 0 Å². The number of carbonyl (C=O) groups is 3. The number of carbonyl (C=O) groups excluding carboxylic acids is 2. The van der Waals surface area contributed by atoms with Gasteiger partial charge < -0.3 is 20.1 Å². The van der Waals surface area contributed by atoms with Crippen molar-refractivity contribution in [1.82, 2.24) is 10.2 Å². The van der Waals surface area contributed by atoms with Crippen molar-refractivity contribution >= 4 is 18.0 Å². The second-order valence-corrected chi connectivity index (χ2v) is 9.69. The molecule has 1 saturated carbocycles. The maximum Gasteiger partial charge on any atom is 0.407 e. The van der Waals surface area contributed by atoms with E-state index in [4.69, 9.17) is 9.84 Å². The molecule has 2 aromatic rings. The molecule has 1 saturated heterocycles. The number of carboxylic acid groups (broad SMARTS) is 1. The molecule has 5 rings (SSSR count). The average Bonchev–Trinajstić information content (AvgIpc) is 3.38. The first kappa shape index (κ1) is 22.4. The number of carboxylic acids is 1. The van der Waals surface area contributed by atoms with E-state index >= 15 is 0 Å². The zero-order valence-corrected chi connectivity index (χ0v) is 19.1. The van der Waals surface area contributed by atoms with Gasteiger partial charge in [0.15, 0.2) is 0 Å². The number of alkyl carbamates (subject to hydrolysis) is 1. The van der Waals surface area contributed by atoms with Crippen molar-refractivity contribution in [3.05, 3.63) is 59.7 Å². The third-order valence-corrected chi connectivity index (χ3v) is 7.47. The Kier molecular flexibility index (Phi) is 6.26. The quantitative estimate of drug-likeness (QED) is 0.644. The van der Waals surface area contributed by atoms with Crippen molar-refractivity contribution in [3.8, 4) is 11.1 Å². The van der Waals surface area contributed by atoms with Crippen molar-refractivity contribution < 1.29 is 24.2 Å². The molecular weight excluding hydrogens is 432 g/mol. The highest BCUT2D eigenvalue weighted by Crippen LogP contribution is 2.44. The lowest BCUT2D eigenvalue weighted by molar-refractivity contribution is -0.140. The summed E-state index contributed by atoms with van der Waals surface area (Å²) in [5.74, 6) is -0.573. The zero-order valence-electron chi connectivity index (χ0n) is 19.1. The Hall–Kier alpha value is -3.35. The predicted molar refractivity (Wildman–Crippen MR) is 126 cm³/mol. The molecule has 1 heterocycles. The molecule has 0 bridgehead atoms. The third kappa shape index (κ3) is 4.52. The summed E-state index contributed by atoms with van der Waals surface area (Å²) in [6, 6.07) is 16.3. The highest BCUT2D eigenvalue weighted by molar-refractivity contribution is 5.79. The lowest BCUT2D eigenvalue weighted by atomic mass is 9.78. The van der Waals surface area contributed by atoms with Gasteiger partial charge in [-0.3, -0.25) is 9.59 Å². The Morgan fingerprint density at radius 1 is 0.971 bits per heavy atom. The third-order valence-electron chi connectivity index (χ3n) is 7.47. The summed E-state index contributed by atoms with van der Waals surface area (Å²) in [5.41, 5.74) is 4.76. The van der Waals surface area contributed by atoms with E-state index in [-0.39, 0.29) is 42.9 Å². The van der Waals surface area contributed by atoms with Crippen molar-refractivity contribution in [1.29, 1.82) is 0 Å². The smallest absolute Gasteiger partial charge is 0.407 e. The monoisotopic (exact) mass is 462 g/mol. The van der Waals surface area contributed by atoms with Crippen LogP contribution < -0.4 is 5.32 Å². The molecule has 2 N–H and O–H groups in total. The fraction of sp³-hybridized carbons (Fsp3) is 0.444. The topological polar surface area (TPSA) is 95.9 Å².